The molecule has 0 fully saturated rings. The van der Waals surface area contributed by atoms with Gasteiger partial charge in [-0.3, -0.25) is 0 Å². The van der Waals surface area contributed by atoms with E-state index in [1.807, 2.05) is 6.07 Å². The van der Waals surface area contributed by atoms with Crippen LogP contribution in [0.1, 0.15) is 49.2 Å². The molecule has 0 N–H and O–H groups in total. The third-order valence-corrected chi connectivity index (χ3v) is 5.46. The van der Waals surface area contributed by atoms with Crippen LogP contribution in [0.3, 0.4) is 0 Å². The van der Waals surface area contributed by atoms with Gasteiger partial charge in [0.05, 0.1) is 9.16 Å². The molecule has 1 aromatic rings. The third kappa shape index (κ3) is 4.08. The predicted octanol–water partition coefficient (Wildman–Crippen LogP) is 6.05. The highest BCUT2D eigenvalue weighted by Crippen LogP contribution is 2.40. The number of halogens is 2. The first-order valence-electron chi connectivity index (χ1n) is 5.58. The van der Waals surface area contributed by atoms with Crippen molar-refractivity contribution in [1.82, 2.24) is 0 Å². The topological polar surface area (TPSA) is 0 Å². The predicted molar refractivity (Wildman–Crippen MR) is 74.3 cm³/mol. The molecule has 0 saturated carbocycles. The normalized spacial score (nSPS) is 13.4. The van der Waals surface area contributed by atoms with Gasteiger partial charge in [-0.25, -0.2) is 0 Å². The quantitative estimate of drug-likeness (QED) is 0.561. The van der Waals surface area contributed by atoms with Crippen LogP contribution in [0, 0.1) is 5.92 Å². The molecule has 3 heteroatoms. The summed E-state index contributed by atoms with van der Waals surface area (Å²) in [6.07, 6.45) is 5.09. The van der Waals surface area contributed by atoms with E-state index >= 15 is 0 Å². The maximum atomic E-state index is 5.96. The van der Waals surface area contributed by atoms with Crippen molar-refractivity contribution in [2.45, 2.75) is 44.4 Å². The summed E-state index contributed by atoms with van der Waals surface area (Å²) in [7, 11) is 0. The Labute approximate surface area is 110 Å². The van der Waals surface area contributed by atoms with Gasteiger partial charge in [0.1, 0.15) is 0 Å². The van der Waals surface area contributed by atoms with Crippen molar-refractivity contribution in [1.29, 1.82) is 0 Å². The smallest absolute Gasteiger partial charge is 0.0931 e. The minimum atomic E-state index is 0.481. The molecule has 1 unspecified atom stereocenters. The van der Waals surface area contributed by atoms with Crippen LogP contribution in [0.15, 0.2) is 12.1 Å². The molecule has 0 nitrogen and oxygen atoms in total. The molecule has 0 aliphatic heterocycles. The summed E-state index contributed by atoms with van der Waals surface area (Å²) in [4.78, 5) is 1.85. The fraction of sp³-hybridized carbons (Fsp3) is 0.667. The zero-order chi connectivity index (χ0) is 11.3. The molecule has 1 rings (SSSR count). The molecule has 0 amide bonds. The Kier molecular flexibility index (Phi) is 6.25. The molecule has 1 atom stereocenters. The second-order valence-electron chi connectivity index (χ2n) is 3.88. The van der Waals surface area contributed by atoms with Crippen molar-refractivity contribution in [2.75, 3.05) is 0 Å². The van der Waals surface area contributed by atoms with Crippen LogP contribution in [0.5, 0.6) is 0 Å². The van der Waals surface area contributed by atoms with E-state index in [1.165, 1.54) is 30.6 Å². The Morgan fingerprint density at radius 3 is 2.27 bits per heavy atom. The van der Waals surface area contributed by atoms with E-state index in [9.17, 15) is 0 Å². The van der Waals surface area contributed by atoms with E-state index in [-0.39, 0.29) is 0 Å². The molecule has 86 valence electrons. The maximum Gasteiger partial charge on any atom is 0.0931 e. The summed E-state index contributed by atoms with van der Waals surface area (Å²) in [6.45, 7) is 4.51. The Morgan fingerprint density at radius 1 is 1.27 bits per heavy atom. The first-order valence-corrected chi connectivity index (χ1v) is 7.69. The average Bonchev–Trinajstić information content (AvgIpc) is 2.63. The summed E-state index contributed by atoms with van der Waals surface area (Å²) in [5, 5.41) is 0. The van der Waals surface area contributed by atoms with Gasteiger partial charge in [0.25, 0.3) is 0 Å². The van der Waals surface area contributed by atoms with Gasteiger partial charge in [0.2, 0.25) is 0 Å². The Bertz CT molecular complexity index is 279. The first kappa shape index (κ1) is 13.5. The molecule has 0 bridgehead atoms. The zero-order valence-corrected chi connectivity index (χ0v) is 12.5. The van der Waals surface area contributed by atoms with Crippen LogP contribution in [0.25, 0.3) is 0 Å². The average molecular weight is 310 g/mol. The second-order valence-corrected chi connectivity index (χ2v) is 6.61. The van der Waals surface area contributed by atoms with Crippen LogP contribution >= 0.6 is 38.9 Å². The highest BCUT2D eigenvalue weighted by molar-refractivity contribution is 9.09. The van der Waals surface area contributed by atoms with Gasteiger partial charge >= 0.3 is 0 Å². The molecule has 0 radical (unpaired) electrons. The summed E-state index contributed by atoms with van der Waals surface area (Å²) < 4.78 is 0.890. The number of alkyl halides is 1. The lowest BCUT2D eigenvalue weighted by atomic mass is 9.94. The lowest BCUT2D eigenvalue weighted by molar-refractivity contribution is 0.438. The molecular weight excluding hydrogens is 292 g/mol. The summed E-state index contributed by atoms with van der Waals surface area (Å²) in [6, 6.07) is 4.13. The van der Waals surface area contributed by atoms with E-state index in [1.54, 1.807) is 11.3 Å². The SMILES string of the molecule is CCCC(CCC)C(Br)c1ccc(Cl)s1. The van der Waals surface area contributed by atoms with Crippen molar-refractivity contribution < 1.29 is 0 Å². The fourth-order valence-corrected chi connectivity index (χ4v) is 3.98. The van der Waals surface area contributed by atoms with E-state index in [0.29, 0.717) is 4.83 Å². The van der Waals surface area contributed by atoms with Gasteiger partial charge in [-0.15, -0.1) is 11.3 Å². The standard InChI is InChI=1S/C12H18BrClS/c1-3-5-9(6-4-2)12(13)10-7-8-11(14)15-10/h7-9,12H,3-6H2,1-2H3. The number of rotatable bonds is 6. The van der Waals surface area contributed by atoms with E-state index in [0.717, 1.165) is 10.3 Å². The monoisotopic (exact) mass is 308 g/mol. The van der Waals surface area contributed by atoms with Crippen molar-refractivity contribution in [2.24, 2.45) is 5.92 Å². The van der Waals surface area contributed by atoms with Crippen molar-refractivity contribution in [3.63, 3.8) is 0 Å². The number of hydrogen-bond donors (Lipinski definition) is 0. The zero-order valence-electron chi connectivity index (χ0n) is 9.30. The van der Waals surface area contributed by atoms with Gasteiger partial charge in [0.15, 0.2) is 0 Å². The van der Waals surface area contributed by atoms with Gasteiger partial charge in [-0.2, -0.15) is 0 Å². The van der Waals surface area contributed by atoms with Gasteiger partial charge in [-0.1, -0.05) is 54.2 Å². The van der Waals surface area contributed by atoms with Crippen molar-refractivity contribution in [3.8, 4) is 0 Å². The molecule has 15 heavy (non-hydrogen) atoms. The van der Waals surface area contributed by atoms with Crippen LogP contribution in [0.2, 0.25) is 4.34 Å². The van der Waals surface area contributed by atoms with Gasteiger partial charge in [-0.05, 0) is 30.9 Å². The third-order valence-electron chi connectivity index (χ3n) is 2.60. The molecule has 0 spiro atoms. The molecule has 1 heterocycles. The van der Waals surface area contributed by atoms with Crippen LogP contribution in [-0.4, -0.2) is 0 Å². The summed E-state index contributed by atoms with van der Waals surface area (Å²) in [5.74, 6) is 0.745. The highest BCUT2D eigenvalue weighted by Gasteiger charge is 2.20. The van der Waals surface area contributed by atoms with E-state index in [2.05, 4.69) is 35.8 Å². The second kappa shape index (κ2) is 6.93. The van der Waals surface area contributed by atoms with Crippen molar-refractivity contribution in [3.05, 3.63) is 21.3 Å². The molecule has 0 aromatic carbocycles. The Hall–Kier alpha value is 0.470. The number of thiophene rings is 1. The fourth-order valence-electron chi connectivity index (χ4n) is 1.89. The van der Waals surface area contributed by atoms with E-state index < -0.39 is 0 Å². The van der Waals surface area contributed by atoms with Gasteiger partial charge < -0.3 is 0 Å². The maximum absolute atomic E-state index is 5.96. The van der Waals surface area contributed by atoms with Crippen LogP contribution in [-0.2, 0) is 0 Å². The van der Waals surface area contributed by atoms with Crippen LogP contribution < -0.4 is 0 Å². The summed E-state index contributed by atoms with van der Waals surface area (Å²) >= 11 is 11.5. The molecule has 0 saturated heterocycles. The molecule has 0 aliphatic rings. The molecule has 0 aliphatic carbocycles. The summed E-state index contributed by atoms with van der Waals surface area (Å²) in [5.41, 5.74) is 0. The van der Waals surface area contributed by atoms with Crippen molar-refractivity contribution >= 4 is 38.9 Å². The highest BCUT2D eigenvalue weighted by atomic mass is 79.9. The van der Waals surface area contributed by atoms with E-state index in [4.69, 9.17) is 11.6 Å². The first-order chi connectivity index (χ1) is 7.19. The van der Waals surface area contributed by atoms with Gasteiger partial charge in [0, 0.05) is 4.88 Å². The minimum absolute atomic E-state index is 0.481. The largest absolute Gasteiger partial charge is 0.127 e. The Morgan fingerprint density at radius 2 is 1.87 bits per heavy atom. The number of hydrogen-bond acceptors (Lipinski definition) is 1. The lowest BCUT2D eigenvalue weighted by Crippen LogP contribution is -2.06. The minimum Gasteiger partial charge on any atom is -0.127 e. The lowest BCUT2D eigenvalue weighted by Gasteiger charge is -2.20. The Balaban J connectivity index is 2.66. The molecular formula is C12H18BrClS. The van der Waals surface area contributed by atoms with Crippen LogP contribution in [0.4, 0.5) is 0 Å². The molecule has 1 aromatic heterocycles.